The second-order valence-electron chi connectivity index (χ2n) is 4.50. The molecular formula is C14H19NO2. The Balaban J connectivity index is 2.06. The monoisotopic (exact) mass is 233 g/mol. The molecule has 0 saturated heterocycles. The molecule has 1 aliphatic carbocycles. The lowest BCUT2D eigenvalue weighted by Gasteiger charge is -2.25. The fourth-order valence-corrected chi connectivity index (χ4v) is 2.31. The molecule has 2 rings (SSSR count). The van der Waals surface area contributed by atoms with Crippen LogP contribution >= 0.6 is 0 Å². The van der Waals surface area contributed by atoms with E-state index in [1.165, 1.54) is 11.1 Å². The molecular weight excluding hydrogens is 214 g/mol. The largest absolute Gasteiger partial charge is 0.497 e. The molecule has 92 valence electrons. The predicted molar refractivity (Wildman–Crippen MR) is 67.2 cm³/mol. The second-order valence-corrected chi connectivity index (χ2v) is 4.50. The Morgan fingerprint density at radius 2 is 2.29 bits per heavy atom. The lowest BCUT2D eigenvalue weighted by molar-refractivity contribution is -0.121. The Hall–Kier alpha value is -1.51. The molecule has 0 unspecified atom stereocenters. The number of hydrogen-bond donors (Lipinski definition) is 1. The van der Waals surface area contributed by atoms with Crippen LogP contribution in [0.25, 0.3) is 0 Å². The molecule has 0 aliphatic heterocycles. The number of aryl methyl sites for hydroxylation is 1. The highest BCUT2D eigenvalue weighted by Gasteiger charge is 2.19. The third-order valence-corrected chi connectivity index (χ3v) is 3.33. The van der Waals surface area contributed by atoms with Crippen molar-refractivity contribution in [3.05, 3.63) is 29.3 Å². The average molecular weight is 233 g/mol. The number of benzene rings is 1. The smallest absolute Gasteiger partial charge is 0.219 e. The van der Waals surface area contributed by atoms with Crippen molar-refractivity contribution >= 4 is 5.91 Å². The van der Waals surface area contributed by atoms with Crippen molar-refractivity contribution in [3.63, 3.8) is 0 Å². The minimum atomic E-state index is 0.145. The molecule has 0 bridgehead atoms. The summed E-state index contributed by atoms with van der Waals surface area (Å²) in [6.45, 7) is 1.89. The summed E-state index contributed by atoms with van der Waals surface area (Å²) in [5.41, 5.74) is 2.69. The topological polar surface area (TPSA) is 38.3 Å². The standard InChI is InChI=1S/C14H19NO2/c1-3-14(16)15-12-6-4-11-9-13(17-2)7-5-10(11)8-12/h5,7,9,12H,3-4,6,8H2,1-2H3,(H,15,16)/t12-/m1/s1. The Morgan fingerprint density at radius 1 is 1.47 bits per heavy atom. The highest BCUT2D eigenvalue weighted by molar-refractivity contribution is 5.75. The van der Waals surface area contributed by atoms with Gasteiger partial charge in [0.2, 0.25) is 5.91 Å². The van der Waals surface area contributed by atoms with E-state index in [2.05, 4.69) is 17.4 Å². The maximum absolute atomic E-state index is 11.4. The van der Waals surface area contributed by atoms with Gasteiger partial charge < -0.3 is 10.1 Å². The summed E-state index contributed by atoms with van der Waals surface area (Å²) in [5.74, 6) is 1.06. The van der Waals surface area contributed by atoms with E-state index in [9.17, 15) is 4.79 Å². The first-order valence-electron chi connectivity index (χ1n) is 6.18. The van der Waals surface area contributed by atoms with Crippen LogP contribution in [0.2, 0.25) is 0 Å². The van der Waals surface area contributed by atoms with E-state index in [-0.39, 0.29) is 5.91 Å². The summed E-state index contributed by atoms with van der Waals surface area (Å²) in [4.78, 5) is 11.4. The van der Waals surface area contributed by atoms with Crippen LogP contribution in [-0.2, 0) is 17.6 Å². The van der Waals surface area contributed by atoms with Gasteiger partial charge in [-0.3, -0.25) is 4.79 Å². The zero-order valence-electron chi connectivity index (χ0n) is 10.5. The molecule has 1 atom stereocenters. The molecule has 0 heterocycles. The lowest BCUT2D eigenvalue weighted by atomic mass is 9.88. The molecule has 1 N–H and O–H groups in total. The van der Waals surface area contributed by atoms with Crippen molar-refractivity contribution in [2.24, 2.45) is 0 Å². The van der Waals surface area contributed by atoms with Gasteiger partial charge in [-0.25, -0.2) is 0 Å². The molecule has 0 spiro atoms. The van der Waals surface area contributed by atoms with Crippen molar-refractivity contribution in [3.8, 4) is 5.75 Å². The number of fused-ring (bicyclic) bond motifs is 1. The van der Waals surface area contributed by atoms with Gasteiger partial charge in [0.15, 0.2) is 0 Å². The second kappa shape index (κ2) is 5.21. The van der Waals surface area contributed by atoms with Gasteiger partial charge in [0.1, 0.15) is 5.75 Å². The van der Waals surface area contributed by atoms with Crippen molar-refractivity contribution in [1.82, 2.24) is 5.32 Å². The van der Waals surface area contributed by atoms with Crippen molar-refractivity contribution in [2.45, 2.75) is 38.6 Å². The zero-order valence-corrected chi connectivity index (χ0v) is 10.5. The molecule has 1 aliphatic rings. The van der Waals surface area contributed by atoms with Gasteiger partial charge in [-0.15, -0.1) is 0 Å². The maximum Gasteiger partial charge on any atom is 0.219 e. The van der Waals surface area contributed by atoms with Crippen LogP contribution in [0.1, 0.15) is 30.9 Å². The van der Waals surface area contributed by atoms with Gasteiger partial charge in [-0.05, 0) is 42.5 Å². The number of methoxy groups -OCH3 is 1. The molecule has 1 aromatic carbocycles. The fraction of sp³-hybridized carbons (Fsp3) is 0.500. The van der Waals surface area contributed by atoms with Crippen LogP contribution < -0.4 is 10.1 Å². The van der Waals surface area contributed by atoms with Crippen molar-refractivity contribution in [2.75, 3.05) is 7.11 Å². The maximum atomic E-state index is 11.4. The molecule has 3 heteroatoms. The molecule has 1 aromatic rings. The van der Waals surface area contributed by atoms with Gasteiger partial charge in [0.25, 0.3) is 0 Å². The van der Waals surface area contributed by atoms with E-state index in [0.717, 1.165) is 25.0 Å². The first kappa shape index (κ1) is 12.0. The van der Waals surface area contributed by atoms with Crippen LogP contribution in [0.3, 0.4) is 0 Å². The average Bonchev–Trinajstić information content (AvgIpc) is 2.38. The fourth-order valence-electron chi connectivity index (χ4n) is 2.31. The number of hydrogen-bond acceptors (Lipinski definition) is 2. The first-order chi connectivity index (χ1) is 8.22. The van der Waals surface area contributed by atoms with Gasteiger partial charge in [0, 0.05) is 12.5 Å². The van der Waals surface area contributed by atoms with E-state index < -0.39 is 0 Å². The molecule has 3 nitrogen and oxygen atoms in total. The van der Waals surface area contributed by atoms with Crippen LogP contribution in [-0.4, -0.2) is 19.1 Å². The number of rotatable bonds is 3. The molecule has 17 heavy (non-hydrogen) atoms. The summed E-state index contributed by atoms with van der Waals surface area (Å²) < 4.78 is 5.22. The first-order valence-corrected chi connectivity index (χ1v) is 6.18. The van der Waals surface area contributed by atoms with Crippen molar-refractivity contribution < 1.29 is 9.53 Å². The van der Waals surface area contributed by atoms with Gasteiger partial charge in [0.05, 0.1) is 7.11 Å². The molecule has 0 aromatic heterocycles. The molecule has 1 amide bonds. The number of amides is 1. The predicted octanol–water partition coefficient (Wildman–Crippen LogP) is 2.08. The van der Waals surface area contributed by atoms with E-state index in [1.807, 2.05) is 13.0 Å². The number of ether oxygens (including phenoxy) is 1. The van der Waals surface area contributed by atoms with Crippen LogP contribution in [0.4, 0.5) is 0 Å². The molecule has 0 radical (unpaired) electrons. The summed E-state index contributed by atoms with van der Waals surface area (Å²) in [5, 5.41) is 3.07. The van der Waals surface area contributed by atoms with Crippen LogP contribution in [0, 0.1) is 0 Å². The van der Waals surface area contributed by atoms with Crippen molar-refractivity contribution in [1.29, 1.82) is 0 Å². The Morgan fingerprint density at radius 3 is 3.00 bits per heavy atom. The van der Waals surface area contributed by atoms with Crippen LogP contribution in [0.5, 0.6) is 5.75 Å². The normalized spacial score (nSPS) is 18.4. The van der Waals surface area contributed by atoms with E-state index in [4.69, 9.17) is 4.74 Å². The van der Waals surface area contributed by atoms with Gasteiger partial charge in [-0.2, -0.15) is 0 Å². The number of carbonyl (C=O) groups excluding carboxylic acids is 1. The van der Waals surface area contributed by atoms with E-state index in [0.29, 0.717) is 12.5 Å². The zero-order chi connectivity index (χ0) is 12.3. The minimum Gasteiger partial charge on any atom is -0.497 e. The summed E-state index contributed by atoms with van der Waals surface area (Å²) >= 11 is 0. The third-order valence-electron chi connectivity index (χ3n) is 3.33. The molecule has 0 saturated carbocycles. The highest BCUT2D eigenvalue weighted by atomic mass is 16.5. The SMILES string of the molecule is CCC(=O)N[C@@H]1CCc2cc(OC)ccc2C1. The number of nitrogens with one attached hydrogen (secondary N) is 1. The van der Waals surface area contributed by atoms with Crippen LogP contribution in [0.15, 0.2) is 18.2 Å². The Labute approximate surface area is 102 Å². The summed E-state index contributed by atoms with van der Waals surface area (Å²) in [6, 6.07) is 6.50. The lowest BCUT2D eigenvalue weighted by Crippen LogP contribution is -2.38. The Kier molecular flexibility index (Phi) is 3.67. The Bertz CT molecular complexity index is 415. The summed E-state index contributed by atoms with van der Waals surface area (Å²) in [6.07, 6.45) is 3.53. The quantitative estimate of drug-likeness (QED) is 0.868. The third kappa shape index (κ3) is 2.78. The van der Waals surface area contributed by atoms with E-state index >= 15 is 0 Å². The highest BCUT2D eigenvalue weighted by Crippen LogP contribution is 2.25. The van der Waals surface area contributed by atoms with E-state index in [1.54, 1.807) is 7.11 Å². The summed E-state index contributed by atoms with van der Waals surface area (Å²) in [7, 11) is 1.69. The van der Waals surface area contributed by atoms with Gasteiger partial charge >= 0.3 is 0 Å². The number of carbonyl (C=O) groups is 1. The minimum absolute atomic E-state index is 0.145. The van der Waals surface area contributed by atoms with Gasteiger partial charge in [-0.1, -0.05) is 13.0 Å². The molecule has 0 fully saturated rings.